The fourth-order valence-electron chi connectivity index (χ4n) is 3.79. The molecule has 0 saturated carbocycles. The fourth-order valence-corrected chi connectivity index (χ4v) is 3.79. The molecular formula is C27H34N4O4. The number of H-pyrrole nitrogens is 1. The highest BCUT2D eigenvalue weighted by atomic mass is 16.5. The molecule has 3 aromatic rings. The predicted molar refractivity (Wildman–Crippen MR) is 136 cm³/mol. The number of para-hydroxylation sites is 1. The van der Waals surface area contributed by atoms with Crippen molar-refractivity contribution in [1.82, 2.24) is 15.6 Å². The third-order valence-corrected chi connectivity index (χ3v) is 5.76. The van der Waals surface area contributed by atoms with Crippen LogP contribution in [0.3, 0.4) is 0 Å². The first-order chi connectivity index (χ1) is 16.7. The van der Waals surface area contributed by atoms with Gasteiger partial charge in [-0.3, -0.25) is 9.59 Å². The van der Waals surface area contributed by atoms with Gasteiger partial charge in [0.2, 0.25) is 11.8 Å². The average Bonchev–Trinajstić information content (AvgIpc) is 3.24. The van der Waals surface area contributed by atoms with Crippen molar-refractivity contribution in [3.05, 3.63) is 71.9 Å². The molecule has 0 aliphatic rings. The smallest absolute Gasteiger partial charge is 0.328 e. The van der Waals surface area contributed by atoms with Gasteiger partial charge in [0.15, 0.2) is 0 Å². The third kappa shape index (κ3) is 7.16. The highest BCUT2D eigenvalue weighted by Gasteiger charge is 2.31. The van der Waals surface area contributed by atoms with Crippen molar-refractivity contribution in [3.63, 3.8) is 0 Å². The molecule has 1 aromatic heterocycles. The van der Waals surface area contributed by atoms with Crippen molar-refractivity contribution in [2.75, 3.05) is 6.61 Å². The van der Waals surface area contributed by atoms with E-state index in [9.17, 15) is 14.4 Å². The van der Waals surface area contributed by atoms with Crippen LogP contribution in [-0.2, 0) is 32.0 Å². The van der Waals surface area contributed by atoms with Gasteiger partial charge in [-0.25, -0.2) is 4.79 Å². The molecule has 0 radical (unpaired) electrons. The number of carbonyl (C=O) groups excluding carboxylic acids is 3. The molecule has 35 heavy (non-hydrogen) atoms. The summed E-state index contributed by atoms with van der Waals surface area (Å²) in [5, 5.41) is 6.53. The molecule has 3 rings (SSSR count). The minimum absolute atomic E-state index is 0.202. The zero-order chi connectivity index (χ0) is 25.4. The molecule has 0 fully saturated rings. The highest BCUT2D eigenvalue weighted by Crippen LogP contribution is 2.19. The molecule has 0 unspecified atom stereocenters. The number of rotatable bonds is 11. The van der Waals surface area contributed by atoms with E-state index in [0.29, 0.717) is 12.8 Å². The van der Waals surface area contributed by atoms with Crippen LogP contribution >= 0.6 is 0 Å². The molecule has 0 aliphatic carbocycles. The van der Waals surface area contributed by atoms with Crippen LogP contribution in [-0.4, -0.2) is 47.0 Å². The maximum absolute atomic E-state index is 13.4. The van der Waals surface area contributed by atoms with Crippen molar-refractivity contribution in [2.45, 2.75) is 57.7 Å². The van der Waals surface area contributed by atoms with Gasteiger partial charge in [-0.2, -0.15) is 0 Å². The minimum atomic E-state index is -1.17. The number of aromatic nitrogens is 1. The van der Waals surface area contributed by atoms with Gasteiger partial charge in [0, 0.05) is 23.5 Å². The quantitative estimate of drug-likeness (QED) is 0.315. The number of carbonyl (C=O) groups is 3. The summed E-state index contributed by atoms with van der Waals surface area (Å²) in [4.78, 5) is 41.9. The van der Waals surface area contributed by atoms with E-state index in [-0.39, 0.29) is 13.0 Å². The normalized spacial score (nSPS) is 13.1. The summed E-state index contributed by atoms with van der Waals surface area (Å²) in [6.07, 6.45) is 3.00. The third-order valence-electron chi connectivity index (χ3n) is 5.76. The lowest BCUT2D eigenvalue weighted by atomic mass is 10.0. The van der Waals surface area contributed by atoms with Crippen LogP contribution in [0, 0.1) is 0 Å². The second kappa shape index (κ2) is 11.7. The predicted octanol–water partition coefficient (Wildman–Crippen LogP) is 2.61. The number of hydrogen-bond donors (Lipinski definition) is 4. The van der Waals surface area contributed by atoms with E-state index in [1.54, 1.807) is 20.8 Å². The van der Waals surface area contributed by atoms with Crippen molar-refractivity contribution in [1.29, 1.82) is 0 Å². The summed E-state index contributed by atoms with van der Waals surface area (Å²) < 4.78 is 5.21. The zero-order valence-corrected chi connectivity index (χ0v) is 20.5. The Bertz CT molecular complexity index is 1150. The summed E-state index contributed by atoms with van der Waals surface area (Å²) in [5.74, 6) is -1.44. The van der Waals surface area contributed by atoms with E-state index in [0.717, 1.165) is 22.0 Å². The maximum Gasteiger partial charge on any atom is 0.328 e. The molecule has 2 amide bonds. The Kier molecular flexibility index (Phi) is 8.65. The van der Waals surface area contributed by atoms with E-state index >= 15 is 0 Å². The molecule has 186 valence electrons. The second-order valence-electron chi connectivity index (χ2n) is 9.15. The molecule has 5 N–H and O–H groups in total. The summed E-state index contributed by atoms with van der Waals surface area (Å²) in [6.45, 7) is 5.07. The maximum atomic E-state index is 13.4. The lowest BCUT2D eigenvalue weighted by molar-refractivity contribution is -0.147. The van der Waals surface area contributed by atoms with E-state index in [1.807, 2.05) is 60.8 Å². The van der Waals surface area contributed by atoms with Gasteiger partial charge in [0.25, 0.3) is 0 Å². The first-order valence-electron chi connectivity index (χ1n) is 11.8. The number of aromatic amines is 1. The van der Waals surface area contributed by atoms with Crippen LogP contribution in [0.2, 0.25) is 0 Å². The first-order valence-corrected chi connectivity index (χ1v) is 11.8. The molecule has 8 nitrogen and oxygen atoms in total. The van der Waals surface area contributed by atoms with Gasteiger partial charge in [0.05, 0.1) is 12.1 Å². The molecule has 8 heteroatoms. The lowest BCUT2D eigenvalue weighted by Crippen LogP contribution is -2.58. The van der Waals surface area contributed by atoms with Crippen LogP contribution in [0.4, 0.5) is 0 Å². The van der Waals surface area contributed by atoms with Crippen LogP contribution in [0.15, 0.2) is 60.8 Å². The Morgan fingerprint density at radius 2 is 1.69 bits per heavy atom. The Morgan fingerprint density at radius 1 is 1.00 bits per heavy atom. The van der Waals surface area contributed by atoms with Crippen LogP contribution in [0.1, 0.15) is 38.3 Å². The summed E-state index contributed by atoms with van der Waals surface area (Å²) in [7, 11) is 0. The number of aryl methyl sites for hydroxylation is 1. The molecular weight excluding hydrogens is 444 g/mol. The largest absolute Gasteiger partial charge is 0.464 e. The van der Waals surface area contributed by atoms with Gasteiger partial charge >= 0.3 is 5.97 Å². The van der Waals surface area contributed by atoms with Gasteiger partial charge in [-0.1, -0.05) is 48.5 Å². The Labute approximate surface area is 205 Å². The van der Waals surface area contributed by atoms with Crippen molar-refractivity contribution in [3.8, 4) is 0 Å². The molecule has 0 spiro atoms. The number of nitrogens with one attached hydrogen (secondary N) is 3. The van der Waals surface area contributed by atoms with Crippen LogP contribution < -0.4 is 16.4 Å². The second-order valence-corrected chi connectivity index (χ2v) is 9.15. The number of ether oxygens (including phenoxy) is 1. The van der Waals surface area contributed by atoms with Crippen molar-refractivity contribution in [2.24, 2.45) is 5.73 Å². The van der Waals surface area contributed by atoms with Gasteiger partial charge < -0.3 is 26.1 Å². The standard InChI is InChI=1S/C27H34N4O4/c1-4-35-25(33)22(15-14-18-10-6-5-7-11-18)30-24(32)23(31-26(34)27(2,3)28)16-19-17-29-21-13-9-8-12-20(19)21/h5-13,17,22-23,29H,4,14-16,28H2,1-3H3,(H,30,32)(H,31,34)/t22-,23+/m1/s1. The van der Waals surface area contributed by atoms with E-state index in [1.165, 1.54) is 0 Å². The highest BCUT2D eigenvalue weighted by molar-refractivity contribution is 5.94. The average molecular weight is 479 g/mol. The van der Waals surface area contributed by atoms with Crippen molar-refractivity contribution >= 4 is 28.7 Å². The Balaban J connectivity index is 1.81. The number of hydrogen-bond acceptors (Lipinski definition) is 5. The molecule has 0 bridgehead atoms. The van der Waals surface area contributed by atoms with E-state index in [2.05, 4.69) is 15.6 Å². The molecule has 1 heterocycles. The molecule has 0 saturated heterocycles. The summed E-state index contributed by atoms with van der Waals surface area (Å²) in [6, 6.07) is 15.6. The van der Waals surface area contributed by atoms with Crippen LogP contribution in [0.5, 0.6) is 0 Å². The minimum Gasteiger partial charge on any atom is -0.464 e. The number of benzene rings is 2. The topological polar surface area (TPSA) is 126 Å². The summed E-state index contributed by atoms with van der Waals surface area (Å²) in [5.41, 5.74) is 7.64. The van der Waals surface area contributed by atoms with Gasteiger partial charge in [0.1, 0.15) is 12.1 Å². The fraction of sp³-hybridized carbons (Fsp3) is 0.370. The SMILES string of the molecule is CCOC(=O)[C@@H](CCc1ccccc1)NC(=O)[C@H](Cc1c[nH]c2ccccc12)NC(=O)C(C)(C)N. The Morgan fingerprint density at radius 3 is 2.37 bits per heavy atom. The number of esters is 1. The zero-order valence-electron chi connectivity index (χ0n) is 20.5. The molecule has 2 atom stereocenters. The lowest BCUT2D eigenvalue weighted by Gasteiger charge is -2.26. The number of nitrogens with two attached hydrogens (primary N) is 1. The molecule has 0 aliphatic heterocycles. The Hall–Kier alpha value is -3.65. The van der Waals surface area contributed by atoms with Gasteiger partial charge in [-0.15, -0.1) is 0 Å². The van der Waals surface area contributed by atoms with Crippen molar-refractivity contribution < 1.29 is 19.1 Å². The summed E-state index contributed by atoms with van der Waals surface area (Å²) >= 11 is 0. The monoisotopic (exact) mass is 478 g/mol. The first kappa shape index (κ1) is 26.0. The van der Waals surface area contributed by atoms with E-state index < -0.39 is 35.4 Å². The molecule has 2 aromatic carbocycles. The number of amides is 2. The number of fused-ring (bicyclic) bond motifs is 1. The van der Waals surface area contributed by atoms with Crippen LogP contribution in [0.25, 0.3) is 10.9 Å². The van der Waals surface area contributed by atoms with Gasteiger partial charge in [-0.05, 0) is 50.8 Å². The van der Waals surface area contributed by atoms with E-state index in [4.69, 9.17) is 10.5 Å².